The van der Waals surface area contributed by atoms with Crippen LogP contribution in [-0.4, -0.2) is 18.3 Å². The molecule has 0 aliphatic heterocycles. The molecule has 0 radical (unpaired) electrons. The van der Waals surface area contributed by atoms with E-state index in [9.17, 15) is 0 Å². The Morgan fingerprint density at radius 3 is 1.21 bits per heavy atom. The van der Waals surface area contributed by atoms with Crippen molar-refractivity contribution in [3.8, 4) is 0 Å². The van der Waals surface area contributed by atoms with Gasteiger partial charge in [-0.2, -0.15) is 0 Å². The summed E-state index contributed by atoms with van der Waals surface area (Å²) in [5, 5.41) is 3.97. The first-order valence-electron chi connectivity index (χ1n) is 8.24. The minimum absolute atomic E-state index is 0.946. The third kappa shape index (κ3) is 2.45. The van der Waals surface area contributed by atoms with Gasteiger partial charge in [0.25, 0.3) is 0 Å². The number of nitrogens with zero attached hydrogens (tertiary/aromatic N) is 1. The van der Waals surface area contributed by atoms with E-state index in [2.05, 4.69) is 125 Å². The van der Waals surface area contributed by atoms with Crippen LogP contribution < -0.4 is 15.9 Å². The Morgan fingerprint density at radius 1 is 0.667 bits per heavy atom. The minimum atomic E-state index is -2.89. The first-order chi connectivity index (χ1) is 11.6. The van der Waals surface area contributed by atoms with Gasteiger partial charge in [0, 0.05) is 0 Å². The summed E-state index contributed by atoms with van der Waals surface area (Å²) in [6.45, 7) is 3.17. The third-order valence-electron chi connectivity index (χ3n) is 4.78. The van der Waals surface area contributed by atoms with Crippen LogP contribution in [0.2, 0.25) is 0 Å². The van der Waals surface area contributed by atoms with Gasteiger partial charge in [0.1, 0.15) is 0 Å². The molecule has 0 bridgehead atoms. The summed E-state index contributed by atoms with van der Waals surface area (Å²) in [5.74, 6) is 0. The second-order valence-corrected chi connectivity index (χ2v) is 14.2. The summed E-state index contributed by atoms with van der Waals surface area (Å²) in [6.07, 6.45) is 0. The van der Waals surface area contributed by atoms with Crippen molar-refractivity contribution in [1.82, 2.24) is 4.67 Å². The monoisotopic (exact) mass is 399 g/mol. The van der Waals surface area contributed by atoms with E-state index in [1.54, 1.807) is 0 Å². The molecule has 0 saturated heterocycles. The average molecular weight is 400 g/mol. The molecule has 0 fully saturated rings. The Balaban J connectivity index is 2.48. The maximum absolute atomic E-state index is 4.40. The average Bonchev–Trinajstić information content (AvgIpc) is 2.69. The first-order valence-corrected chi connectivity index (χ1v) is 12.4. The van der Waals surface area contributed by atoms with E-state index >= 15 is 0 Å². The van der Waals surface area contributed by atoms with Crippen molar-refractivity contribution in [3.05, 3.63) is 91.0 Å². The Kier molecular flexibility index (Phi) is 4.92. The molecule has 0 atom stereocenters. The standard InChI is InChI=1S/C21H23BrNP/c1-3-23(2)24(22,19-13-7-4-8-14-19,20-15-9-5-10-16-20)21-17-11-6-12-18-21/h4-18H,3H2,1-2H3. The molecule has 0 amide bonds. The van der Waals surface area contributed by atoms with Crippen LogP contribution in [0.1, 0.15) is 6.92 Å². The molecule has 0 unspecified atom stereocenters. The normalized spacial score (nSPS) is 13.4. The Morgan fingerprint density at radius 2 is 0.958 bits per heavy atom. The van der Waals surface area contributed by atoms with Crippen LogP contribution in [0.15, 0.2) is 91.0 Å². The number of benzene rings is 3. The van der Waals surface area contributed by atoms with Gasteiger partial charge in [0.2, 0.25) is 0 Å². The van der Waals surface area contributed by atoms with Crippen LogP contribution in [-0.2, 0) is 0 Å². The van der Waals surface area contributed by atoms with Gasteiger partial charge in [0.15, 0.2) is 0 Å². The van der Waals surface area contributed by atoms with E-state index in [0.717, 1.165) is 6.54 Å². The molecule has 124 valence electrons. The summed E-state index contributed by atoms with van der Waals surface area (Å²) < 4.78 is 2.49. The maximum atomic E-state index is 4.40. The van der Waals surface area contributed by atoms with Gasteiger partial charge >= 0.3 is 153 Å². The van der Waals surface area contributed by atoms with Crippen molar-refractivity contribution in [2.75, 3.05) is 13.6 Å². The van der Waals surface area contributed by atoms with Gasteiger partial charge in [-0.05, 0) is 0 Å². The molecule has 0 N–H and O–H groups in total. The number of hydrogen-bond acceptors (Lipinski definition) is 1. The molecule has 0 saturated carbocycles. The summed E-state index contributed by atoms with van der Waals surface area (Å²) in [4.78, 5) is 0. The molecule has 24 heavy (non-hydrogen) atoms. The molecule has 0 aromatic heterocycles. The molecule has 3 aromatic rings. The van der Waals surface area contributed by atoms with Crippen molar-refractivity contribution in [1.29, 1.82) is 0 Å². The predicted octanol–water partition coefficient (Wildman–Crippen LogP) is 4.69. The molecule has 1 nitrogen and oxygen atoms in total. The molecular weight excluding hydrogens is 377 g/mol. The van der Waals surface area contributed by atoms with E-state index in [0.29, 0.717) is 0 Å². The Hall–Kier alpha value is -1.47. The van der Waals surface area contributed by atoms with Crippen molar-refractivity contribution < 1.29 is 0 Å². The zero-order valence-corrected chi connectivity index (χ0v) is 16.6. The van der Waals surface area contributed by atoms with Crippen molar-refractivity contribution in [2.24, 2.45) is 0 Å². The summed E-state index contributed by atoms with van der Waals surface area (Å²) in [5.41, 5.74) is -2.89. The molecule has 3 aromatic carbocycles. The SMILES string of the molecule is CCN(C)P(Br)(c1ccccc1)(c1ccccc1)c1ccccc1. The molecule has 0 spiro atoms. The van der Waals surface area contributed by atoms with E-state index in [1.165, 1.54) is 15.9 Å². The van der Waals surface area contributed by atoms with Gasteiger partial charge in [-0.3, -0.25) is 0 Å². The Labute approximate surface area is 153 Å². The number of rotatable bonds is 5. The topological polar surface area (TPSA) is 3.24 Å². The first kappa shape index (κ1) is 17.4. The van der Waals surface area contributed by atoms with Crippen LogP contribution in [0.25, 0.3) is 0 Å². The van der Waals surface area contributed by atoms with Gasteiger partial charge in [0.05, 0.1) is 0 Å². The van der Waals surface area contributed by atoms with Crippen LogP contribution in [0.3, 0.4) is 0 Å². The molecule has 0 aliphatic rings. The quantitative estimate of drug-likeness (QED) is 0.562. The molecule has 3 rings (SSSR count). The van der Waals surface area contributed by atoms with Crippen molar-refractivity contribution in [3.63, 3.8) is 0 Å². The second-order valence-electron chi connectivity index (χ2n) is 5.95. The molecule has 3 heteroatoms. The number of hydrogen-bond donors (Lipinski definition) is 0. The predicted molar refractivity (Wildman–Crippen MR) is 112 cm³/mol. The van der Waals surface area contributed by atoms with E-state index in [1.807, 2.05) is 0 Å². The van der Waals surface area contributed by atoms with Gasteiger partial charge in [-0.25, -0.2) is 0 Å². The van der Waals surface area contributed by atoms with Gasteiger partial charge in [-0.1, -0.05) is 0 Å². The van der Waals surface area contributed by atoms with Crippen LogP contribution in [0.4, 0.5) is 0 Å². The summed E-state index contributed by atoms with van der Waals surface area (Å²) in [7, 11) is 2.22. The van der Waals surface area contributed by atoms with Crippen molar-refractivity contribution >= 4 is 36.9 Å². The fraction of sp³-hybridized carbons (Fsp3) is 0.143. The van der Waals surface area contributed by atoms with Crippen LogP contribution in [0.5, 0.6) is 0 Å². The molecule has 0 aliphatic carbocycles. The molecular formula is C21H23BrNP. The van der Waals surface area contributed by atoms with E-state index in [4.69, 9.17) is 0 Å². The zero-order valence-electron chi connectivity index (χ0n) is 14.1. The summed E-state index contributed by atoms with van der Waals surface area (Å²) >= 11 is 4.40. The Bertz CT molecular complexity index is 690. The zero-order chi connectivity index (χ0) is 17.1. The number of halogens is 1. The van der Waals surface area contributed by atoms with E-state index in [-0.39, 0.29) is 0 Å². The molecule has 0 heterocycles. The second kappa shape index (κ2) is 6.80. The van der Waals surface area contributed by atoms with Gasteiger partial charge < -0.3 is 0 Å². The van der Waals surface area contributed by atoms with Crippen LogP contribution in [0, 0.1) is 0 Å². The van der Waals surface area contributed by atoms with E-state index < -0.39 is 5.46 Å². The van der Waals surface area contributed by atoms with Crippen LogP contribution >= 0.6 is 20.9 Å². The summed E-state index contributed by atoms with van der Waals surface area (Å²) in [6, 6.07) is 32.5. The van der Waals surface area contributed by atoms with Crippen molar-refractivity contribution in [2.45, 2.75) is 6.92 Å². The fourth-order valence-corrected chi connectivity index (χ4v) is 11.0. The fourth-order valence-electron chi connectivity index (χ4n) is 3.40. The van der Waals surface area contributed by atoms with Gasteiger partial charge in [-0.15, -0.1) is 0 Å². The third-order valence-corrected chi connectivity index (χ3v) is 15.4.